The van der Waals surface area contributed by atoms with Gasteiger partial charge in [0, 0.05) is 25.8 Å². The number of likely N-dealkylation sites (tertiary alicyclic amines) is 1. The van der Waals surface area contributed by atoms with Crippen LogP contribution in [0.5, 0.6) is 5.75 Å². The van der Waals surface area contributed by atoms with Crippen molar-refractivity contribution in [3.63, 3.8) is 0 Å². The summed E-state index contributed by atoms with van der Waals surface area (Å²) in [7, 11) is 1.60. The van der Waals surface area contributed by atoms with Gasteiger partial charge >= 0.3 is 6.03 Å². The van der Waals surface area contributed by atoms with Crippen LogP contribution >= 0.6 is 0 Å². The van der Waals surface area contributed by atoms with E-state index in [4.69, 9.17) is 9.47 Å². The van der Waals surface area contributed by atoms with E-state index in [9.17, 15) is 9.59 Å². The number of amides is 3. The molecule has 0 radical (unpaired) electrons. The Morgan fingerprint density at radius 2 is 1.88 bits per heavy atom. The van der Waals surface area contributed by atoms with Gasteiger partial charge < -0.3 is 19.7 Å². The predicted molar refractivity (Wildman–Crippen MR) is 96.9 cm³/mol. The van der Waals surface area contributed by atoms with E-state index in [0.717, 1.165) is 30.7 Å². The Kier molecular flexibility index (Phi) is 6.17. The van der Waals surface area contributed by atoms with E-state index in [1.807, 2.05) is 12.1 Å². The van der Waals surface area contributed by atoms with Crippen LogP contribution in [0.3, 0.4) is 0 Å². The third kappa shape index (κ3) is 4.57. The highest BCUT2D eigenvalue weighted by Gasteiger charge is 2.35. The van der Waals surface area contributed by atoms with Gasteiger partial charge in [-0.05, 0) is 49.9 Å². The molecule has 1 aromatic carbocycles. The van der Waals surface area contributed by atoms with Gasteiger partial charge in [-0.25, -0.2) is 4.79 Å². The fourth-order valence-electron chi connectivity index (χ4n) is 3.27. The van der Waals surface area contributed by atoms with Crippen molar-refractivity contribution in [2.75, 3.05) is 32.3 Å². The number of hydrazine groups is 1. The number of nitrogens with one attached hydrogen (secondary N) is 3. The molecule has 1 atom stereocenters. The van der Waals surface area contributed by atoms with Crippen molar-refractivity contribution in [3.05, 3.63) is 24.3 Å². The zero-order valence-electron chi connectivity index (χ0n) is 15.0. The topological polar surface area (TPSA) is 91.9 Å². The number of carbonyl (C=O) groups is 2. The summed E-state index contributed by atoms with van der Waals surface area (Å²) in [6.45, 7) is 1.93. The summed E-state index contributed by atoms with van der Waals surface area (Å²) in [4.78, 5) is 26.7. The Balaban J connectivity index is 1.51. The lowest BCUT2D eigenvalue weighted by molar-refractivity contribution is -0.124. The number of rotatable bonds is 5. The first-order valence-electron chi connectivity index (χ1n) is 9.02. The predicted octanol–water partition coefficient (Wildman–Crippen LogP) is 1.49. The van der Waals surface area contributed by atoms with Gasteiger partial charge in [0.05, 0.1) is 12.8 Å². The Labute approximate surface area is 153 Å². The number of hydrogen-bond donors (Lipinski definition) is 3. The highest BCUT2D eigenvalue weighted by molar-refractivity contribution is 5.88. The summed E-state index contributed by atoms with van der Waals surface area (Å²) < 4.78 is 10.4. The van der Waals surface area contributed by atoms with E-state index >= 15 is 0 Å². The van der Waals surface area contributed by atoms with Gasteiger partial charge in [0.1, 0.15) is 11.8 Å². The molecule has 8 nitrogen and oxygen atoms in total. The number of carbonyl (C=O) groups excluding carboxylic acids is 2. The number of ether oxygens (including phenoxy) is 2. The van der Waals surface area contributed by atoms with Gasteiger partial charge in [-0.2, -0.15) is 0 Å². The number of methoxy groups -OCH3 is 1. The molecule has 0 bridgehead atoms. The Hall–Kier alpha value is -2.48. The molecular formula is C18H26N4O4. The third-order valence-electron chi connectivity index (χ3n) is 4.79. The molecular weight excluding hydrogens is 336 g/mol. The quantitative estimate of drug-likeness (QED) is 0.691. The molecule has 1 aromatic rings. The minimum Gasteiger partial charge on any atom is -0.497 e. The van der Waals surface area contributed by atoms with Crippen LogP contribution in [0.4, 0.5) is 10.5 Å². The minimum atomic E-state index is -0.458. The van der Waals surface area contributed by atoms with Crippen molar-refractivity contribution in [2.24, 2.45) is 0 Å². The lowest BCUT2D eigenvalue weighted by atomic mass is 10.1. The Bertz CT molecular complexity index is 616. The van der Waals surface area contributed by atoms with E-state index in [1.165, 1.54) is 0 Å². The van der Waals surface area contributed by atoms with Crippen LogP contribution in [0.25, 0.3) is 0 Å². The van der Waals surface area contributed by atoms with Crippen LogP contribution < -0.4 is 20.9 Å². The van der Waals surface area contributed by atoms with Crippen LogP contribution in [-0.2, 0) is 9.53 Å². The van der Waals surface area contributed by atoms with Gasteiger partial charge in [-0.15, -0.1) is 0 Å². The second-order valence-electron chi connectivity index (χ2n) is 6.53. The summed E-state index contributed by atoms with van der Waals surface area (Å²) in [5.41, 5.74) is 6.32. The van der Waals surface area contributed by atoms with E-state index in [-0.39, 0.29) is 18.0 Å². The molecule has 3 N–H and O–H groups in total. The Morgan fingerprint density at radius 1 is 1.15 bits per heavy atom. The molecule has 0 saturated carbocycles. The summed E-state index contributed by atoms with van der Waals surface area (Å²) in [6, 6.07) is 6.72. The van der Waals surface area contributed by atoms with Gasteiger partial charge in [-0.1, -0.05) is 0 Å². The normalized spacial score (nSPS) is 20.5. The zero-order valence-corrected chi connectivity index (χ0v) is 15.0. The maximum Gasteiger partial charge on any atom is 0.318 e. The highest BCUT2D eigenvalue weighted by Crippen LogP contribution is 2.19. The van der Waals surface area contributed by atoms with E-state index in [2.05, 4.69) is 16.2 Å². The fourth-order valence-corrected chi connectivity index (χ4v) is 3.27. The average molecular weight is 362 g/mol. The molecule has 0 spiro atoms. The molecule has 2 saturated heterocycles. The number of nitrogens with zero attached hydrogens (tertiary/aromatic N) is 1. The molecule has 3 rings (SSSR count). The van der Waals surface area contributed by atoms with Crippen molar-refractivity contribution in [3.8, 4) is 5.75 Å². The summed E-state index contributed by atoms with van der Waals surface area (Å²) in [5.74, 6) is 0.536. The molecule has 0 aromatic heterocycles. The number of benzene rings is 1. The largest absolute Gasteiger partial charge is 0.497 e. The monoisotopic (exact) mass is 362 g/mol. The number of anilines is 1. The van der Waals surface area contributed by atoms with Crippen LogP contribution in [0.2, 0.25) is 0 Å². The van der Waals surface area contributed by atoms with Gasteiger partial charge in [0.25, 0.3) is 5.91 Å². The minimum absolute atomic E-state index is 0.123. The number of hydrogen-bond acceptors (Lipinski definition) is 5. The van der Waals surface area contributed by atoms with Crippen molar-refractivity contribution in [1.29, 1.82) is 0 Å². The molecule has 1 unspecified atom stereocenters. The van der Waals surface area contributed by atoms with Crippen LogP contribution in [0.15, 0.2) is 24.3 Å². The summed E-state index contributed by atoms with van der Waals surface area (Å²) >= 11 is 0. The average Bonchev–Trinajstić information content (AvgIpc) is 3.17. The first-order chi connectivity index (χ1) is 12.7. The molecule has 142 valence electrons. The second-order valence-corrected chi connectivity index (χ2v) is 6.53. The first kappa shape index (κ1) is 18.3. The molecule has 8 heteroatoms. The third-order valence-corrected chi connectivity index (χ3v) is 4.79. The van der Waals surface area contributed by atoms with E-state index in [1.54, 1.807) is 24.1 Å². The van der Waals surface area contributed by atoms with Gasteiger partial charge in [0.15, 0.2) is 0 Å². The van der Waals surface area contributed by atoms with E-state index in [0.29, 0.717) is 26.2 Å². The fraction of sp³-hybridized carbons (Fsp3) is 0.556. The molecule has 2 heterocycles. The molecule has 2 aliphatic rings. The SMILES string of the molecule is COc1ccc(NNC(=O)C2CCCN2C(=O)NC2CCOCC2)cc1. The van der Waals surface area contributed by atoms with Crippen LogP contribution in [-0.4, -0.2) is 55.8 Å². The van der Waals surface area contributed by atoms with Crippen molar-refractivity contribution in [1.82, 2.24) is 15.6 Å². The van der Waals surface area contributed by atoms with Gasteiger partial charge in [-0.3, -0.25) is 15.6 Å². The van der Waals surface area contributed by atoms with Gasteiger partial charge in [0.2, 0.25) is 0 Å². The smallest absolute Gasteiger partial charge is 0.318 e. The molecule has 2 fully saturated rings. The van der Waals surface area contributed by atoms with Crippen molar-refractivity contribution >= 4 is 17.6 Å². The highest BCUT2D eigenvalue weighted by atomic mass is 16.5. The number of urea groups is 1. The standard InChI is InChI=1S/C18H26N4O4/c1-25-15-6-4-14(5-7-15)20-21-17(23)16-3-2-10-22(16)18(24)19-13-8-11-26-12-9-13/h4-7,13,16,20H,2-3,8-12H2,1H3,(H,19,24)(H,21,23). The zero-order chi connectivity index (χ0) is 18.4. The van der Waals surface area contributed by atoms with E-state index < -0.39 is 6.04 Å². The summed E-state index contributed by atoms with van der Waals surface area (Å²) in [5, 5.41) is 3.02. The molecule has 2 aliphatic heterocycles. The maximum atomic E-state index is 12.5. The molecule has 26 heavy (non-hydrogen) atoms. The molecule has 3 amide bonds. The second kappa shape index (κ2) is 8.75. The lowest BCUT2D eigenvalue weighted by Gasteiger charge is -2.29. The summed E-state index contributed by atoms with van der Waals surface area (Å²) in [6.07, 6.45) is 3.12. The van der Waals surface area contributed by atoms with Crippen LogP contribution in [0, 0.1) is 0 Å². The van der Waals surface area contributed by atoms with Crippen molar-refractivity contribution in [2.45, 2.75) is 37.8 Å². The van der Waals surface area contributed by atoms with Crippen LogP contribution in [0.1, 0.15) is 25.7 Å². The first-order valence-corrected chi connectivity index (χ1v) is 9.02. The van der Waals surface area contributed by atoms with Crippen molar-refractivity contribution < 1.29 is 19.1 Å². The maximum absolute atomic E-state index is 12.5. The Morgan fingerprint density at radius 3 is 2.58 bits per heavy atom. The lowest BCUT2D eigenvalue weighted by Crippen LogP contribution is -2.53. The molecule has 0 aliphatic carbocycles.